The van der Waals surface area contributed by atoms with Crippen molar-refractivity contribution in [2.24, 2.45) is 5.92 Å². The molecular formula is C18H24ClN3O2. The van der Waals surface area contributed by atoms with Gasteiger partial charge in [-0.15, -0.1) is 0 Å². The van der Waals surface area contributed by atoms with E-state index in [4.69, 9.17) is 11.6 Å². The van der Waals surface area contributed by atoms with Crippen LogP contribution in [0.15, 0.2) is 24.3 Å². The Balaban J connectivity index is 1.51. The van der Waals surface area contributed by atoms with Crippen LogP contribution in [-0.2, 0) is 11.3 Å². The van der Waals surface area contributed by atoms with Crippen LogP contribution in [0.1, 0.15) is 31.2 Å². The molecule has 1 N–H and O–H groups in total. The number of hydrogen-bond donors (Lipinski definition) is 1. The fourth-order valence-corrected chi connectivity index (χ4v) is 3.54. The van der Waals surface area contributed by atoms with Gasteiger partial charge in [-0.05, 0) is 43.4 Å². The lowest BCUT2D eigenvalue weighted by Gasteiger charge is -2.34. The van der Waals surface area contributed by atoms with E-state index in [0.29, 0.717) is 18.1 Å². The van der Waals surface area contributed by atoms with Gasteiger partial charge in [-0.2, -0.15) is 0 Å². The summed E-state index contributed by atoms with van der Waals surface area (Å²) >= 11 is 5.87. The van der Waals surface area contributed by atoms with E-state index in [2.05, 4.69) is 5.32 Å². The summed E-state index contributed by atoms with van der Waals surface area (Å²) in [4.78, 5) is 28.7. The van der Waals surface area contributed by atoms with Gasteiger partial charge in [0.1, 0.15) is 0 Å². The minimum absolute atomic E-state index is 0.0314. The molecule has 24 heavy (non-hydrogen) atoms. The zero-order valence-corrected chi connectivity index (χ0v) is 14.6. The molecule has 2 aliphatic rings. The fraction of sp³-hybridized carbons (Fsp3) is 0.556. The van der Waals surface area contributed by atoms with Crippen molar-refractivity contribution in [3.63, 3.8) is 0 Å². The molecule has 0 aliphatic carbocycles. The molecular weight excluding hydrogens is 326 g/mol. The standard InChI is InChI=1S/C18H24ClN3O2/c19-16-7-5-14(6-8-16)12-20-17(23)15-4-3-11-22(13-15)18(24)21-9-1-2-10-21/h5-8,15H,1-4,9-13H2,(H,20,23). The van der Waals surface area contributed by atoms with Crippen molar-refractivity contribution >= 4 is 23.5 Å². The summed E-state index contributed by atoms with van der Waals surface area (Å²) < 4.78 is 0. The number of benzene rings is 1. The van der Waals surface area contributed by atoms with E-state index in [1.807, 2.05) is 34.1 Å². The molecule has 0 radical (unpaired) electrons. The van der Waals surface area contributed by atoms with Crippen molar-refractivity contribution in [3.8, 4) is 0 Å². The molecule has 2 heterocycles. The van der Waals surface area contributed by atoms with Gasteiger partial charge in [0.15, 0.2) is 0 Å². The SMILES string of the molecule is O=C(NCc1ccc(Cl)cc1)C1CCCN(C(=O)N2CCCC2)C1. The molecule has 2 aliphatic heterocycles. The van der Waals surface area contributed by atoms with Crippen LogP contribution in [0.25, 0.3) is 0 Å². The molecule has 3 amide bonds. The highest BCUT2D eigenvalue weighted by Gasteiger charge is 2.31. The Morgan fingerprint density at radius 2 is 1.71 bits per heavy atom. The van der Waals surface area contributed by atoms with Crippen molar-refractivity contribution in [2.75, 3.05) is 26.2 Å². The maximum Gasteiger partial charge on any atom is 0.320 e. The molecule has 2 saturated heterocycles. The molecule has 1 aromatic carbocycles. The third-order valence-corrected chi connectivity index (χ3v) is 5.07. The Labute approximate surface area is 147 Å². The number of piperidine rings is 1. The van der Waals surface area contributed by atoms with Gasteiger partial charge in [-0.25, -0.2) is 4.79 Å². The maximum atomic E-state index is 12.5. The molecule has 1 atom stereocenters. The number of carbonyl (C=O) groups excluding carboxylic acids is 2. The molecule has 1 unspecified atom stereocenters. The Morgan fingerprint density at radius 3 is 2.42 bits per heavy atom. The third kappa shape index (κ3) is 4.20. The number of likely N-dealkylation sites (tertiary alicyclic amines) is 2. The highest BCUT2D eigenvalue weighted by molar-refractivity contribution is 6.30. The van der Waals surface area contributed by atoms with Crippen molar-refractivity contribution in [1.82, 2.24) is 15.1 Å². The first-order valence-electron chi connectivity index (χ1n) is 8.69. The number of carbonyl (C=O) groups is 2. The summed E-state index contributed by atoms with van der Waals surface area (Å²) in [5.74, 6) is -0.0820. The first-order valence-corrected chi connectivity index (χ1v) is 9.07. The smallest absolute Gasteiger partial charge is 0.320 e. The number of nitrogens with one attached hydrogen (secondary N) is 1. The summed E-state index contributed by atoms with van der Waals surface area (Å²) in [5.41, 5.74) is 1.02. The van der Waals surface area contributed by atoms with Crippen LogP contribution in [0.3, 0.4) is 0 Å². The zero-order valence-electron chi connectivity index (χ0n) is 13.8. The van der Waals surface area contributed by atoms with Gasteiger partial charge >= 0.3 is 6.03 Å². The van der Waals surface area contributed by atoms with E-state index in [9.17, 15) is 9.59 Å². The number of urea groups is 1. The Hall–Kier alpha value is -1.75. The first kappa shape index (κ1) is 17.1. The van der Waals surface area contributed by atoms with Crippen molar-refractivity contribution in [3.05, 3.63) is 34.9 Å². The minimum atomic E-state index is -0.113. The van der Waals surface area contributed by atoms with E-state index in [1.54, 1.807) is 0 Å². The molecule has 5 nitrogen and oxygen atoms in total. The molecule has 0 aromatic heterocycles. The molecule has 0 bridgehead atoms. The lowest BCUT2D eigenvalue weighted by molar-refractivity contribution is -0.126. The second-order valence-corrected chi connectivity index (χ2v) is 7.04. The van der Waals surface area contributed by atoms with Crippen LogP contribution in [0, 0.1) is 5.92 Å². The molecule has 1 aromatic rings. The number of hydrogen-bond acceptors (Lipinski definition) is 2. The van der Waals surface area contributed by atoms with Gasteiger partial charge in [0, 0.05) is 37.7 Å². The normalized spacial score (nSPS) is 21.0. The zero-order chi connectivity index (χ0) is 16.9. The van der Waals surface area contributed by atoms with Crippen molar-refractivity contribution in [2.45, 2.75) is 32.2 Å². The first-order chi connectivity index (χ1) is 11.6. The Kier molecular flexibility index (Phi) is 5.61. The number of halogens is 1. The summed E-state index contributed by atoms with van der Waals surface area (Å²) in [6.07, 6.45) is 3.91. The predicted octanol–water partition coefficient (Wildman–Crippen LogP) is 2.88. The number of nitrogens with zero attached hydrogens (tertiary/aromatic N) is 2. The molecule has 0 saturated carbocycles. The average molecular weight is 350 g/mol. The van der Waals surface area contributed by atoms with Gasteiger partial charge in [0.05, 0.1) is 5.92 Å². The second-order valence-electron chi connectivity index (χ2n) is 6.61. The minimum Gasteiger partial charge on any atom is -0.352 e. The van der Waals surface area contributed by atoms with E-state index in [0.717, 1.165) is 50.9 Å². The van der Waals surface area contributed by atoms with Gasteiger partial charge in [0.25, 0.3) is 0 Å². The topological polar surface area (TPSA) is 52.7 Å². The summed E-state index contributed by atoms with van der Waals surface area (Å²) in [5, 5.41) is 3.67. The maximum absolute atomic E-state index is 12.5. The van der Waals surface area contributed by atoms with Gasteiger partial charge in [-0.1, -0.05) is 23.7 Å². The highest BCUT2D eigenvalue weighted by Crippen LogP contribution is 2.20. The van der Waals surface area contributed by atoms with Crippen LogP contribution >= 0.6 is 11.6 Å². The average Bonchev–Trinajstić information content (AvgIpc) is 3.15. The van der Waals surface area contributed by atoms with Gasteiger partial charge < -0.3 is 15.1 Å². The lowest BCUT2D eigenvalue weighted by atomic mass is 9.97. The van der Waals surface area contributed by atoms with Crippen LogP contribution in [-0.4, -0.2) is 47.9 Å². The predicted molar refractivity (Wildman–Crippen MR) is 93.8 cm³/mol. The van der Waals surface area contributed by atoms with Crippen LogP contribution in [0.2, 0.25) is 5.02 Å². The van der Waals surface area contributed by atoms with Crippen LogP contribution < -0.4 is 5.32 Å². The molecule has 6 heteroatoms. The molecule has 3 rings (SSSR count). The molecule has 2 fully saturated rings. The highest BCUT2D eigenvalue weighted by atomic mass is 35.5. The second kappa shape index (κ2) is 7.88. The Bertz CT molecular complexity index is 584. The van der Waals surface area contributed by atoms with Gasteiger partial charge in [0.2, 0.25) is 5.91 Å². The van der Waals surface area contributed by atoms with Crippen molar-refractivity contribution < 1.29 is 9.59 Å². The molecule has 0 spiro atoms. The summed E-state index contributed by atoms with van der Waals surface area (Å²) in [6, 6.07) is 7.56. The molecule has 130 valence electrons. The Morgan fingerprint density at radius 1 is 1.04 bits per heavy atom. The third-order valence-electron chi connectivity index (χ3n) is 4.82. The monoisotopic (exact) mass is 349 g/mol. The van der Waals surface area contributed by atoms with E-state index >= 15 is 0 Å². The van der Waals surface area contributed by atoms with Crippen molar-refractivity contribution in [1.29, 1.82) is 0 Å². The number of rotatable bonds is 3. The quantitative estimate of drug-likeness (QED) is 0.912. The van der Waals surface area contributed by atoms with Gasteiger partial charge in [-0.3, -0.25) is 4.79 Å². The van der Waals surface area contributed by atoms with E-state index in [1.165, 1.54) is 0 Å². The number of amides is 3. The summed E-state index contributed by atoms with van der Waals surface area (Å²) in [6.45, 7) is 3.48. The van der Waals surface area contributed by atoms with E-state index < -0.39 is 0 Å². The van der Waals surface area contributed by atoms with Crippen LogP contribution in [0.4, 0.5) is 4.79 Å². The fourth-order valence-electron chi connectivity index (χ4n) is 3.41. The lowest BCUT2D eigenvalue weighted by Crippen LogP contribution is -2.49. The largest absolute Gasteiger partial charge is 0.352 e. The summed E-state index contributed by atoms with van der Waals surface area (Å²) in [7, 11) is 0. The van der Waals surface area contributed by atoms with E-state index in [-0.39, 0.29) is 17.9 Å². The van der Waals surface area contributed by atoms with Crippen LogP contribution in [0.5, 0.6) is 0 Å².